The van der Waals surface area contributed by atoms with Crippen LogP contribution in [-0.2, 0) is 11.2 Å². The zero-order chi connectivity index (χ0) is 21.4. The molecule has 31 heavy (non-hydrogen) atoms. The van der Waals surface area contributed by atoms with E-state index in [2.05, 4.69) is 24.6 Å². The van der Waals surface area contributed by atoms with Crippen molar-refractivity contribution in [1.29, 1.82) is 0 Å². The molecule has 1 aliphatic rings. The average Bonchev–Trinajstić information content (AvgIpc) is 3.39. The van der Waals surface area contributed by atoms with Gasteiger partial charge >= 0.3 is 0 Å². The van der Waals surface area contributed by atoms with Crippen molar-refractivity contribution >= 4 is 39.8 Å². The Kier molecular flexibility index (Phi) is 5.05. The van der Waals surface area contributed by atoms with Crippen LogP contribution in [0, 0.1) is 5.92 Å². The van der Waals surface area contributed by atoms with Gasteiger partial charge in [0.05, 0.1) is 5.69 Å². The molecule has 1 fully saturated rings. The number of pyridine rings is 3. The molecule has 0 unspecified atom stereocenters. The lowest BCUT2D eigenvalue weighted by atomic mass is 10.0. The fraction of sp³-hybridized carbons (Fsp3) is 0.227. The molecule has 4 aromatic rings. The molecular formula is C22H20N6O2S. The van der Waals surface area contributed by atoms with E-state index in [9.17, 15) is 9.90 Å². The van der Waals surface area contributed by atoms with E-state index < -0.39 is 0 Å². The minimum atomic E-state index is -0.0524. The highest BCUT2D eigenvalue weighted by Crippen LogP contribution is 2.48. The van der Waals surface area contributed by atoms with E-state index >= 15 is 0 Å². The summed E-state index contributed by atoms with van der Waals surface area (Å²) in [6.07, 6.45) is 8.19. The van der Waals surface area contributed by atoms with Gasteiger partial charge in [-0.2, -0.15) is 0 Å². The van der Waals surface area contributed by atoms with Crippen LogP contribution in [0.5, 0.6) is 0 Å². The number of fused-ring (bicyclic) bond motifs is 1. The van der Waals surface area contributed by atoms with Gasteiger partial charge in [0.25, 0.3) is 0 Å². The normalized spacial score (nSPS) is 17.6. The third-order valence-corrected chi connectivity index (χ3v) is 6.18. The molecule has 1 saturated carbocycles. The lowest BCUT2D eigenvalue weighted by Crippen LogP contribution is -2.15. The molecule has 8 nitrogen and oxygen atoms in total. The van der Waals surface area contributed by atoms with Crippen molar-refractivity contribution < 1.29 is 9.90 Å². The first-order valence-electron chi connectivity index (χ1n) is 9.94. The predicted molar refractivity (Wildman–Crippen MR) is 120 cm³/mol. The van der Waals surface area contributed by atoms with Crippen molar-refractivity contribution in [2.24, 2.45) is 5.92 Å². The zero-order valence-corrected chi connectivity index (χ0v) is 17.3. The van der Waals surface area contributed by atoms with Crippen LogP contribution in [0.15, 0.2) is 48.4 Å². The number of carbonyl (C=O) groups excluding carboxylic acids is 1. The predicted octanol–water partition coefficient (Wildman–Crippen LogP) is 3.01. The molecule has 2 atom stereocenters. The van der Waals surface area contributed by atoms with Crippen molar-refractivity contribution in [2.75, 3.05) is 17.7 Å². The number of hydrogen-bond donors (Lipinski definition) is 3. The molecule has 9 heteroatoms. The molecular weight excluding hydrogens is 412 g/mol. The molecule has 5 rings (SSSR count). The Balaban J connectivity index is 1.42. The van der Waals surface area contributed by atoms with Gasteiger partial charge in [-0.05, 0) is 65.0 Å². The summed E-state index contributed by atoms with van der Waals surface area (Å²) in [5.74, 6) is 0.973. The van der Waals surface area contributed by atoms with Crippen molar-refractivity contribution in [3.63, 3.8) is 0 Å². The number of aliphatic hydroxyl groups is 1. The second kappa shape index (κ2) is 8.01. The summed E-state index contributed by atoms with van der Waals surface area (Å²) in [5, 5.41) is 15.8. The average molecular weight is 433 g/mol. The maximum atomic E-state index is 12.7. The summed E-state index contributed by atoms with van der Waals surface area (Å²) in [6.45, 7) is 0.0315. The monoisotopic (exact) mass is 432 g/mol. The molecule has 4 heterocycles. The smallest absolute Gasteiger partial charge is 0.229 e. The summed E-state index contributed by atoms with van der Waals surface area (Å²) in [4.78, 5) is 25.7. The first-order valence-corrected chi connectivity index (χ1v) is 10.8. The number of nitrogens with two attached hydrogens (primary N) is 1. The van der Waals surface area contributed by atoms with Crippen LogP contribution >= 0.6 is 11.5 Å². The van der Waals surface area contributed by atoms with Crippen molar-refractivity contribution in [3.8, 4) is 11.3 Å². The van der Waals surface area contributed by atoms with Crippen molar-refractivity contribution in [3.05, 3.63) is 59.5 Å². The van der Waals surface area contributed by atoms with Crippen LogP contribution in [0.1, 0.15) is 23.5 Å². The van der Waals surface area contributed by atoms with Gasteiger partial charge in [-0.1, -0.05) is 0 Å². The molecule has 4 aromatic heterocycles. The number of rotatable bonds is 6. The van der Waals surface area contributed by atoms with Gasteiger partial charge in [0, 0.05) is 53.6 Å². The highest BCUT2D eigenvalue weighted by Gasteiger charge is 2.44. The Morgan fingerprint density at radius 2 is 2.19 bits per heavy atom. The molecule has 156 valence electrons. The van der Waals surface area contributed by atoms with E-state index in [4.69, 9.17) is 5.73 Å². The van der Waals surface area contributed by atoms with E-state index in [-0.39, 0.29) is 24.3 Å². The summed E-state index contributed by atoms with van der Waals surface area (Å²) in [6, 6.07) is 5.57. The first kappa shape index (κ1) is 19.5. The molecule has 0 spiro atoms. The molecule has 0 bridgehead atoms. The molecule has 1 amide bonds. The standard InChI is InChI=1S/C22H20N6O2S/c23-21-18-10-25-20(28-22(30)16-7-15(16)14-8-26-31-11-14)6-13(18)5-19(27-21)17-9-24-3-1-12(17)2-4-29/h1,3,5-6,8-11,15-16,29H,2,4,7H2,(H2,23,27)(H,25,28,30)/t15-,16+/m0/s1. The van der Waals surface area contributed by atoms with E-state index in [1.807, 2.05) is 23.7 Å². The quantitative estimate of drug-likeness (QED) is 0.427. The van der Waals surface area contributed by atoms with Gasteiger partial charge < -0.3 is 16.2 Å². The van der Waals surface area contributed by atoms with E-state index in [0.717, 1.165) is 28.5 Å². The SMILES string of the molecule is Nc1nc(-c2cnccc2CCO)cc2cc(NC(=O)[C@@H]3C[C@H]3c3cnsc3)ncc12. The molecule has 0 radical (unpaired) electrons. The van der Waals surface area contributed by atoms with E-state index in [1.54, 1.807) is 24.7 Å². The second-order valence-electron chi connectivity index (χ2n) is 7.59. The number of amides is 1. The van der Waals surface area contributed by atoms with Crippen LogP contribution in [0.25, 0.3) is 22.0 Å². The second-order valence-corrected chi connectivity index (χ2v) is 8.24. The van der Waals surface area contributed by atoms with Crippen LogP contribution in [0.4, 0.5) is 11.6 Å². The number of hydrogen-bond acceptors (Lipinski definition) is 8. The first-order chi connectivity index (χ1) is 15.1. The van der Waals surface area contributed by atoms with Gasteiger partial charge in [0.15, 0.2) is 0 Å². The summed E-state index contributed by atoms with van der Waals surface area (Å²) < 4.78 is 4.12. The number of carbonyl (C=O) groups is 1. The van der Waals surface area contributed by atoms with Gasteiger partial charge in [0.1, 0.15) is 11.6 Å². The number of nitrogens with one attached hydrogen (secondary N) is 1. The van der Waals surface area contributed by atoms with Gasteiger partial charge in [-0.15, -0.1) is 0 Å². The molecule has 1 aliphatic carbocycles. The van der Waals surface area contributed by atoms with Crippen LogP contribution in [-0.4, -0.2) is 36.9 Å². The number of nitrogen functional groups attached to an aromatic ring is 1. The Morgan fingerprint density at radius 3 is 3.00 bits per heavy atom. The summed E-state index contributed by atoms with van der Waals surface area (Å²) >= 11 is 1.40. The van der Waals surface area contributed by atoms with Crippen LogP contribution in [0.2, 0.25) is 0 Å². The minimum absolute atomic E-state index is 0.0315. The fourth-order valence-electron chi connectivity index (χ4n) is 3.84. The fourth-order valence-corrected chi connectivity index (χ4v) is 4.44. The van der Waals surface area contributed by atoms with Crippen molar-refractivity contribution in [1.82, 2.24) is 19.3 Å². The Labute approximate surface area is 182 Å². The minimum Gasteiger partial charge on any atom is -0.396 e. The molecule has 4 N–H and O–H groups in total. The summed E-state index contributed by atoms with van der Waals surface area (Å²) in [5.41, 5.74) is 9.73. The van der Waals surface area contributed by atoms with Gasteiger partial charge in [-0.25, -0.2) is 14.3 Å². The molecule has 0 saturated heterocycles. The topological polar surface area (TPSA) is 127 Å². The van der Waals surface area contributed by atoms with Gasteiger partial charge in [0.2, 0.25) is 5.91 Å². The maximum Gasteiger partial charge on any atom is 0.229 e. The van der Waals surface area contributed by atoms with Crippen LogP contribution < -0.4 is 11.1 Å². The number of anilines is 2. The maximum absolute atomic E-state index is 12.7. The lowest BCUT2D eigenvalue weighted by molar-refractivity contribution is -0.117. The van der Waals surface area contributed by atoms with E-state index in [0.29, 0.717) is 29.1 Å². The molecule has 0 aliphatic heterocycles. The van der Waals surface area contributed by atoms with Gasteiger partial charge in [-0.3, -0.25) is 9.78 Å². The van der Waals surface area contributed by atoms with E-state index in [1.165, 1.54) is 11.5 Å². The Morgan fingerprint density at radius 1 is 1.29 bits per heavy atom. The lowest BCUT2D eigenvalue weighted by Gasteiger charge is -2.11. The highest BCUT2D eigenvalue weighted by atomic mass is 32.1. The Bertz CT molecular complexity index is 1260. The van der Waals surface area contributed by atoms with Crippen molar-refractivity contribution in [2.45, 2.75) is 18.8 Å². The third kappa shape index (κ3) is 3.85. The summed E-state index contributed by atoms with van der Waals surface area (Å²) in [7, 11) is 0. The number of aromatic nitrogens is 4. The molecule has 0 aromatic carbocycles. The number of aliphatic hydroxyl groups excluding tert-OH is 1. The number of nitrogens with zero attached hydrogens (tertiary/aromatic N) is 4. The largest absolute Gasteiger partial charge is 0.396 e. The third-order valence-electron chi connectivity index (χ3n) is 5.57. The zero-order valence-electron chi connectivity index (χ0n) is 16.5. The highest BCUT2D eigenvalue weighted by molar-refractivity contribution is 7.03. The Hall–Kier alpha value is -3.43. The van der Waals surface area contributed by atoms with Crippen LogP contribution in [0.3, 0.4) is 0 Å².